The summed E-state index contributed by atoms with van der Waals surface area (Å²) >= 11 is 0. The molecule has 0 heterocycles. The first-order valence-electron chi connectivity index (χ1n) is 7.10. The number of benzene rings is 1. The molecule has 0 saturated carbocycles. The van der Waals surface area contributed by atoms with Crippen molar-refractivity contribution >= 4 is 5.97 Å². The van der Waals surface area contributed by atoms with E-state index < -0.39 is 0 Å². The molecule has 0 saturated heterocycles. The van der Waals surface area contributed by atoms with Gasteiger partial charge in [-0.2, -0.15) is 0 Å². The molecule has 1 rings (SSSR count). The number of carbonyl (C=O) groups is 1. The standard InChI is InChI=1S/C17H24O2/c1-3-4-5-6-7-8-9-10-15-11-13-16(14-12-15)17(18)19-2/h8-9,11-14H,3-7,10H2,1-2H3/b9-8+. The van der Waals surface area contributed by atoms with Crippen molar-refractivity contribution in [1.29, 1.82) is 0 Å². The van der Waals surface area contributed by atoms with Crippen molar-refractivity contribution in [2.75, 3.05) is 7.11 Å². The fourth-order valence-corrected chi connectivity index (χ4v) is 1.92. The quantitative estimate of drug-likeness (QED) is 0.389. The summed E-state index contributed by atoms with van der Waals surface area (Å²) in [5, 5.41) is 0. The second-order valence-corrected chi connectivity index (χ2v) is 4.71. The molecule has 0 atom stereocenters. The first-order valence-corrected chi connectivity index (χ1v) is 7.10. The molecule has 0 aromatic heterocycles. The van der Waals surface area contributed by atoms with Gasteiger partial charge in [-0.1, -0.05) is 50.5 Å². The maximum Gasteiger partial charge on any atom is 0.337 e. The molecule has 104 valence electrons. The predicted octanol–water partition coefficient (Wildman–Crippen LogP) is 4.54. The van der Waals surface area contributed by atoms with E-state index in [-0.39, 0.29) is 5.97 Å². The van der Waals surface area contributed by atoms with E-state index >= 15 is 0 Å². The van der Waals surface area contributed by atoms with E-state index in [4.69, 9.17) is 0 Å². The van der Waals surface area contributed by atoms with Crippen molar-refractivity contribution in [3.63, 3.8) is 0 Å². The van der Waals surface area contributed by atoms with Gasteiger partial charge in [0.15, 0.2) is 0 Å². The second kappa shape index (κ2) is 9.37. The molecule has 1 aromatic carbocycles. The van der Waals surface area contributed by atoms with Crippen LogP contribution in [-0.2, 0) is 11.2 Å². The fraction of sp³-hybridized carbons (Fsp3) is 0.471. The fourth-order valence-electron chi connectivity index (χ4n) is 1.92. The molecule has 0 spiro atoms. The van der Waals surface area contributed by atoms with Crippen LogP contribution < -0.4 is 0 Å². The first kappa shape index (κ1) is 15.5. The van der Waals surface area contributed by atoms with Gasteiger partial charge in [-0.3, -0.25) is 0 Å². The Morgan fingerprint density at radius 1 is 1.11 bits per heavy atom. The third-order valence-electron chi connectivity index (χ3n) is 3.12. The van der Waals surface area contributed by atoms with E-state index in [0.29, 0.717) is 5.56 Å². The summed E-state index contributed by atoms with van der Waals surface area (Å²) in [6, 6.07) is 7.59. The van der Waals surface area contributed by atoms with Gasteiger partial charge in [0.2, 0.25) is 0 Å². The zero-order valence-corrected chi connectivity index (χ0v) is 12.0. The van der Waals surface area contributed by atoms with Gasteiger partial charge in [-0.25, -0.2) is 4.79 Å². The van der Waals surface area contributed by atoms with Gasteiger partial charge < -0.3 is 4.74 Å². The zero-order valence-electron chi connectivity index (χ0n) is 12.0. The van der Waals surface area contributed by atoms with Crippen LogP contribution in [0.3, 0.4) is 0 Å². The van der Waals surface area contributed by atoms with Crippen LogP contribution in [0.15, 0.2) is 36.4 Å². The van der Waals surface area contributed by atoms with Crippen LogP contribution in [0, 0.1) is 0 Å². The molecule has 0 aliphatic heterocycles. The van der Waals surface area contributed by atoms with Crippen molar-refractivity contribution in [2.45, 2.75) is 45.4 Å². The second-order valence-electron chi connectivity index (χ2n) is 4.71. The zero-order chi connectivity index (χ0) is 13.9. The number of rotatable bonds is 8. The molecule has 1 aromatic rings. The van der Waals surface area contributed by atoms with Gasteiger partial charge in [0.1, 0.15) is 0 Å². The van der Waals surface area contributed by atoms with E-state index in [2.05, 4.69) is 23.8 Å². The van der Waals surface area contributed by atoms with E-state index in [9.17, 15) is 4.79 Å². The summed E-state index contributed by atoms with van der Waals surface area (Å²) in [6.07, 6.45) is 11.8. The van der Waals surface area contributed by atoms with Crippen LogP contribution in [0.4, 0.5) is 0 Å². The summed E-state index contributed by atoms with van der Waals surface area (Å²) in [7, 11) is 1.40. The molecule has 0 N–H and O–H groups in total. The largest absolute Gasteiger partial charge is 0.465 e. The monoisotopic (exact) mass is 260 g/mol. The molecule has 0 bridgehead atoms. The molecule has 0 unspecified atom stereocenters. The van der Waals surface area contributed by atoms with Crippen molar-refractivity contribution in [1.82, 2.24) is 0 Å². The maximum atomic E-state index is 11.3. The van der Waals surface area contributed by atoms with Crippen LogP contribution in [0.5, 0.6) is 0 Å². The van der Waals surface area contributed by atoms with Gasteiger partial charge in [0.05, 0.1) is 12.7 Å². The highest BCUT2D eigenvalue weighted by Crippen LogP contribution is 2.08. The lowest BCUT2D eigenvalue weighted by Crippen LogP contribution is -2.00. The molecule has 0 amide bonds. The summed E-state index contributed by atoms with van der Waals surface area (Å²) in [4.78, 5) is 11.3. The summed E-state index contributed by atoms with van der Waals surface area (Å²) in [5.74, 6) is -0.280. The topological polar surface area (TPSA) is 26.3 Å². The number of ether oxygens (including phenoxy) is 1. The molecule has 0 fully saturated rings. The van der Waals surface area contributed by atoms with Crippen LogP contribution in [0.1, 0.15) is 54.9 Å². The van der Waals surface area contributed by atoms with Crippen molar-refractivity contribution in [3.8, 4) is 0 Å². The first-order chi connectivity index (χ1) is 9.27. The van der Waals surface area contributed by atoms with E-state index in [1.54, 1.807) is 0 Å². The van der Waals surface area contributed by atoms with E-state index in [0.717, 1.165) is 6.42 Å². The Bertz CT molecular complexity index is 390. The van der Waals surface area contributed by atoms with Crippen LogP contribution in [0.25, 0.3) is 0 Å². The van der Waals surface area contributed by atoms with Gasteiger partial charge in [0, 0.05) is 0 Å². The number of esters is 1. The third-order valence-corrected chi connectivity index (χ3v) is 3.12. The summed E-state index contributed by atoms with van der Waals surface area (Å²) in [5.41, 5.74) is 1.83. The van der Waals surface area contributed by atoms with E-state index in [1.165, 1.54) is 44.8 Å². The minimum absolute atomic E-state index is 0.280. The lowest BCUT2D eigenvalue weighted by atomic mass is 10.1. The third kappa shape index (κ3) is 6.23. The molecular weight excluding hydrogens is 236 g/mol. The number of unbranched alkanes of at least 4 members (excludes halogenated alkanes) is 4. The Balaban J connectivity index is 2.29. The molecule has 2 heteroatoms. The van der Waals surface area contributed by atoms with Crippen LogP contribution >= 0.6 is 0 Å². The molecule has 0 aliphatic carbocycles. The average molecular weight is 260 g/mol. The number of methoxy groups -OCH3 is 1. The minimum atomic E-state index is -0.280. The highest BCUT2D eigenvalue weighted by atomic mass is 16.5. The Morgan fingerprint density at radius 2 is 1.84 bits per heavy atom. The Morgan fingerprint density at radius 3 is 2.47 bits per heavy atom. The van der Waals surface area contributed by atoms with Crippen LogP contribution in [-0.4, -0.2) is 13.1 Å². The number of hydrogen-bond donors (Lipinski definition) is 0. The van der Waals surface area contributed by atoms with E-state index in [1.807, 2.05) is 24.3 Å². The minimum Gasteiger partial charge on any atom is -0.465 e. The molecule has 0 aliphatic rings. The normalized spacial score (nSPS) is 10.8. The number of carbonyl (C=O) groups excluding carboxylic acids is 1. The van der Waals surface area contributed by atoms with Gasteiger partial charge >= 0.3 is 5.97 Å². The van der Waals surface area contributed by atoms with Gasteiger partial charge in [-0.05, 0) is 37.0 Å². The van der Waals surface area contributed by atoms with Gasteiger partial charge in [-0.15, -0.1) is 0 Å². The molecule has 0 radical (unpaired) electrons. The lowest BCUT2D eigenvalue weighted by Gasteiger charge is -2.00. The number of allylic oxidation sites excluding steroid dienone is 2. The average Bonchev–Trinajstić information content (AvgIpc) is 2.46. The molecule has 19 heavy (non-hydrogen) atoms. The van der Waals surface area contributed by atoms with Gasteiger partial charge in [0.25, 0.3) is 0 Å². The highest BCUT2D eigenvalue weighted by Gasteiger charge is 2.03. The maximum absolute atomic E-state index is 11.3. The lowest BCUT2D eigenvalue weighted by molar-refractivity contribution is 0.0600. The van der Waals surface area contributed by atoms with Crippen molar-refractivity contribution in [2.24, 2.45) is 0 Å². The Labute approximate surface area is 116 Å². The SMILES string of the molecule is CCCCCC/C=C/Cc1ccc(C(=O)OC)cc1. The Kier molecular flexibility index (Phi) is 7.64. The summed E-state index contributed by atoms with van der Waals surface area (Å²) in [6.45, 7) is 2.23. The predicted molar refractivity (Wildman–Crippen MR) is 79.4 cm³/mol. The van der Waals surface area contributed by atoms with Crippen LogP contribution in [0.2, 0.25) is 0 Å². The molecule has 2 nitrogen and oxygen atoms in total. The smallest absolute Gasteiger partial charge is 0.337 e. The van der Waals surface area contributed by atoms with Crippen molar-refractivity contribution in [3.05, 3.63) is 47.5 Å². The number of hydrogen-bond acceptors (Lipinski definition) is 2. The van der Waals surface area contributed by atoms with Crippen molar-refractivity contribution < 1.29 is 9.53 Å². The molecular formula is C17H24O2. The summed E-state index contributed by atoms with van der Waals surface area (Å²) < 4.78 is 4.67. The Hall–Kier alpha value is -1.57. The highest BCUT2D eigenvalue weighted by molar-refractivity contribution is 5.89.